The molecule has 30 heavy (non-hydrogen) atoms. The molecule has 0 radical (unpaired) electrons. The Balaban J connectivity index is 1.58. The van der Waals surface area contributed by atoms with Crippen molar-refractivity contribution in [2.45, 2.75) is 25.3 Å². The zero-order chi connectivity index (χ0) is 21.1. The van der Waals surface area contributed by atoms with Crippen LogP contribution in [0.15, 0.2) is 58.7 Å². The quantitative estimate of drug-likeness (QED) is 0.749. The second kappa shape index (κ2) is 8.43. The van der Waals surface area contributed by atoms with Crippen LogP contribution >= 0.6 is 0 Å². The average molecular weight is 429 g/mol. The van der Waals surface area contributed by atoms with E-state index in [4.69, 9.17) is 0 Å². The molecule has 3 heterocycles. The Bertz CT molecular complexity index is 1020. The molecule has 4 rings (SSSR count). The minimum Gasteiger partial charge on any atom is -0.341 e. The Labute approximate surface area is 176 Å². The van der Waals surface area contributed by atoms with Crippen molar-refractivity contribution < 1.29 is 18.0 Å². The van der Waals surface area contributed by atoms with Crippen LogP contribution in [0.4, 0.5) is 0 Å². The summed E-state index contributed by atoms with van der Waals surface area (Å²) in [7, 11) is -3.61. The van der Waals surface area contributed by atoms with Crippen molar-refractivity contribution in [3.05, 3.63) is 59.8 Å². The zero-order valence-electron chi connectivity index (χ0n) is 16.5. The van der Waals surface area contributed by atoms with Gasteiger partial charge in [0.05, 0.1) is 11.3 Å². The third kappa shape index (κ3) is 4.46. The van der Waals surface area contributed by atoms with Crippen molar-refractivity contribution in [2.75, 3.05) is 25.4 Å². The fraction of sp³-hybridized carbons (Fsp3) is 0.381. The third-order valence-corrected chi connectivity index (χ3v) is 6.56. The first-order chi connectivity index (χ1) is 14.4. The second-order valence-corrected chi connectivity index (χ2v) is 9.32. The number of hydrogen-bond acceptors (Lipinski definition) is 5. The number of nitrogens with one attached hydrogen (secondary N) is 1. The van der Waals surface area contributed by atoms with E-state index in [1.54, 1.807) is 22.1 Å². The summed E-state index contributed by atoms with van der Waals surface area (Å²) in [5, 5.41) is 2.84. The van der Waals surface area contributed by atoms with Crippen LogP contribution in [0.1, 0.15) is 18.4 Å². The fourth-order valence-electron chi connectivity index (χ4n) is 3.84. The lowest BCUT2D eigenvalue weighted by atomic mass is 10.0. The van der Waals surface area contributed by atoms with E-state index in [2.05, 4.69) is 9.71 Å². The van der Waals surface area contributed by atoms with Gasteiger partial charge in [-0.3, -0.25) is 9.59 Å². The highest BCUT2D eigenvalue weighted by Crippen LogP contribution is 2.19. The molecule has 9 heteroatoms. The molecule has 3 aliphatic heterocycles. The van der Waals surface area contributed by atoms with Gasteiger partial charge in [-0.25, -0.2) is 8.42 Å². The van der Waals surface area contributed by atoms with Gasteiger partial charge >= 0.3 is 0 Å². The van der Waals surface area contributed by atoms with Crippen molar-refractivity contribution in [2.24, 2.45) is 4.40 Å². The van der Waals surface area contributed by atoms with E-state index < -0.39 is 22.0 Å². The highest BCUT2D eigenvalue weighted by atomic mass is 32.2. The van der Waals surface area contributed by atoms with Gasteiger partial charge in [0.15, 0.2) is 5.84 Å². The van der Waals surface area contributed by atoms with Gasteiger partial charge in [0.2, 0.25) is 5.91 Å². The van der Waals surface area contributed by atoms with E-state index in [1.807, 2.05) is 30.3 Å². The number of nitrogens with zero attached hydrogens (tertiary/aromatic N) is 3. The monoisotopic (exact) mass is 428 g/mol. The van der Waals surface area contributed by atoms with Crippen LogP contribution in [0.2, 0.25) is 0 Å². The third-order valence-electron chi connectivity index (χ3n) is 5.41. The molecule has 0 bridgehead atoms. The number of fused-ring (bicyclic) bond motifs is 1. The molecule has 1 saturated heterocycles. The van der Waals surface area contributed by atoms with E-state index in [9.17, 15) is 18.0 Å². The number of sulfonamides is 1. The average Bonchev–Trinajstić information content (AvgIpc) is 3.27. The van der Waals surface area contributed by atoms with Crippen LogP contribution in [-0.2, 0) is 26.0 Å². The zero-order valence-corrected chi connectivity index (χ0v) is 17.3. The number of carbonyl (C=O) groups is 2. The Morgan fingerprint density at radius 3 is 2.57 bits per heavy atom. The summed E-state index contributed by atoms with van der Waals surface area (Å²) in [4.78, 5) is 29.6. The van der Waals surface area contributed by atoms with Crippen LogP contribution in [0.3, 0.4) is 0 Å². The number of benzene rings is 1. The fourth-order valence-corrected chi connectivity index (χ4v) is 4.82. The summed E-state index contributed by atoms with van der Waals surface area (Å²) in [5.41, 5.74) is 1.08. The number of amides is 2. The van der Waals surface area contributed by atoms with Gasteiger partial charge in [-0.05, 0) is 30.6 Å². The van der Waals surface area contributed by atoms with E-state index in [1.165, 1.54) is 6.08 Å². The Kier molecular flexibility index (Phi) is 5.72. The molecule has 0 aromatic heterocycles. The SMILES string of the molecule is O=C(NC(Cc1ccccc1)C(=O)N1CCCC1)C1=CC=CN2CCS(=O)(=O)N=C12. The lowest BCUT2D eigenvalue weighted by Gasteiger charge is -2.30. The Hall–Kier alpha value is -2.94. The first-order valence-corrected chi connectivity index (χ1v) is 11.7. The van der Waals surface area contributed by atoms with Gasteiger partial charge in [-0.2, -0.15) is 0 Å². The van der Waals surface area contributed by atoms with Gasteiger partial charge in [-0.15, -0.1) is 4.40 Å². The number of carbonyl (C=O) groups excluding carboxylic acids is 2. The molecule has 1 aromatic rings. The van der Waals surface area contributed by atoms with E-state index in [0.717, 1.165) is 18.4 Å². The molecule has 1 atom stereocenters. The van der Waals surface area contributed by atoms with Crippen LogP contribution in [0, 0.1) is 0 Å². The first-order valence-electron chi connectivity index (χ1n) is 10.0. The van der Waals surface area contributed by atoms with Gasteiger partial charge in [-0.1, -0.05) is 30.3 Å². The molecule has 1 unspecified atom stereocenters. The van der Waals surface area contributed by atoms with Crippen LogP contribution in [0.25, 0.3) is 0 Å². The van der Waals surface area contributed by atoms with Crippen molar-refractivity contribution in [1.82, 2.24) is 15.1 Å². The van der Waals surface area contributed by atoms with Gasteiger partial charge in [0.25, 0.3) is 15.9 Å². The lowest BCUT2D eigenvalue weighted by Crippen LogP contribution is -2.51. The largest absolute Gasteiger partial charge is 0.341 e. The van der Waals surface area contributed by atoms with Crippen LogP contribution in [-0.4, -0.2) is 67.3 Å². The number of likely N-dealkylation sites (tertiary alicyclic amines) is 1. The predicted octanol–water partition coefficient (Wildman–Crippen LogP) is 0.834. The predicted molar refractivity (Wildman–Crippen MR) is 113 cm³/mol. The minimum atomic E-state index is -3.61. The first kappa shape index (κ1) is 20.3. The number of hydrogen-bond donors (Lipinski definition) is 1. The molecule has 0 spiro atoms. The van der Waals surface area contributed by atoms with E-state index >= 15 is 0 Å². The maximum atomic E-state index is 13.1. The molecule has 2 amide bonds. The summed E-state index contributed by atoms with van der Waals surface area (Å²) in [6.07, 6.45) is 7.18. The molecule has 0 aliphatic carbocycles. The summed E-state index contributed by atoms with van der Waals surface area (Å²) >= 11 is 0. The highest BCUT2D eigenvalue weighted by molar-refractivity contribution is 7.90. The van der Waals surface area contributed by atoms with E-state index in [0.29, 0.717) is 19.5 Å². The molecule has 1 N–H and O–H groups in total. The molecule has 3 aliphatic rings. The van der Waals surface area contributed by atoms with Gasteiger partial charge < -0.3 is 15.1 Å². The van der Waals surface area contributed by atoms with E-state index in [-0.39, 0.29) is 29.6 Å². The van der Waals surface area contributed by atoms with Crippen molar-refractivity contribution in [3.63, 3.8) is 0 Å². The molecular formula is C21H24N4O4S. The summed E-state index contributed by atoms with van der Waals surface area (Å²) < 4.78 is 27.7. The minimum absolute atomic E-state index is 0.0974. The molecule has 1 fully saturated rings. The van der Waals surface area contributed by atoms with Gasteiger partial charge in [0.1, 0.15) is 6.04 Å². The Morgan fingerprint density at radius 2 is 1.83 bits per heavy atom. The van der Waals surface area contributed by atoms with Crippen LogP contribution in [0.5, 0.6) is 0 Å². The smallest absolute Gasteiger partial charge is 0.256 e. The highest BCUT2D eigenvalue weighted by Gasteiger charge is 2.33. The second-order valence-electron chi connectivity index (χ2n) is 7.56. The standard InChI is InChI=1S/C21H24N4O4S/c26-20(17-9-6-12-24-13-14-30(28,29)23-19(17)24)22-18(15-16-7-2-1-3-8-16)21(27)25-10-4-5-11-25/h1-3,6-9,12,18H,4-5,10-11,13-15H2,(H,22,26). The maximum Gasteiger partial charge on any atom is 0.256 e. The molecule has 158 valence electrons. The van der Waals surface area contributed by atoms with Crippen molar-refractivity contribution in [3.8, 4) is 0 Å². The van der Waals surface area contributed by atoms with Crippen molar-refractivity contribution in [1.29, 1.82) is 0 Å². The number of allylic oxidation sites excluding steroid dienone is 2. The summed E-state index contributed by atoms with van der Waals surface area (Å²) in [6, 6.07) is 8.77. The topological polar surface area (TPSA) is 99.1 Å². The molecule has 1 aromatic carbocycles. The Morgan fingerprint density at radius 1 is 1.10 bits per heavy atom. The molecule has 8 nitrogen and oxygen atoms in total. The molecule has 0 saturated carbocycles. The lowest BCUT2D eigenvalue weighted by molar-refractivity contribution is -0.134. The maximum absolute atomic E-state index is 13.1. The number of rotatable bonds is 5. The number of amidine groups is 1. The summed E-state index contributed by atoms with van der Waals surface area (Å²) in [6.45, 7) is 1.61. The summed E-state index contributed by atoms with van der Waals surface area (Å²) in [5.74, 6) is -0.617. The normalized spacial score (nSPS) is 20.8. The van der Waals surface area contributed by atoms with Crippen LogP contribution < -0.4 is 5.32 Å². The van der Waals surface area contributed by atoms with Crippen molar-refractivity contribution >= 4 is 27.7 Å². The van der Waals surface area contributed by atoms with Gasteiger partial charge in [0, 0.05) is 32.3 Å². The molecular weight excluding hydrogens is 404 g/mol.